The van der Waals surface area contributed by atoms with Crippen molar-refractivity contribution >= 4 is 54.8 Å². The molecule has 1 aromatic heterocycles. The van der Waals surface area contributed by atoms with Crippen LogP contribution in [0, 0.1) is 13.8 Å². The summed E-state index contributed by atoms with van der Waals surface area (Å²) in [6.07, 6.45) is 0. The highest BCUT2D eigenvalue weighted by Gasteiger charge is 2.17. The van der Waals surface area contributed by atoms with Gasteiger partial charge in [-0.25, -0.2) is 0 Å². The summed E-state index contributed by atoms with van der Waals surface area (Å²) in [6, 6.07) is 8.44. The number of aryl methyl sites for hydroxylation is 2. The molecule has 0 saturated heterocycles. The fraction of sp³-hybridized carbons (Fsp3) is 0.231. The van der Waals surface area contributed by atoms with E-state index >= 15 is 0 Å². The van der Waals surface area contributed by atoms with Gasteiger partial charge in [0, 0.05) is 9.35 Å². The molecular weight excluding hydrogens is 383 g/mol. The van der Waals surface area contributed by atoms with Gasteiger partial charge in [0.05, 0.1) is 9.16 Å². The number of thiophene rings is 1. The van der Waals surface area contributed by atoms with Crippen molar-refractivity contribution in [2.75, 3.05) is 0 Å². The van der Waals surface area contributed by atoms with Crippen LogP contribution in [0.5, 0.6) is 0 Å². The monoisotopic (exact) mass is 392 g/mol. The van der Waals surface area contributed by atoms with Crippen LogP contribution in [0.3, 0.4) is 0 Å². The maximum Gasteiger partial charge on any atom is 0.0960 e. The van der Waals surface area contributed by atoms with E-state index < -0.39 is 0 Å². The third kappa shape index (κ3) is 2.78. The molecule has 1 heterocycles. The topological polar surface area (TPSA) is 0 Å². The average Bonchev–Trinajstić information content (AvgIpc) is 2.62. The molecule has 0 aliphatic rings. The molecule has 0 saturated carbocycles. The largest absolute Gasteiger partial charge is 0.127 e. The predicted octanol–water partition coefficient (Wildman–Crippen LogP) is 6.27. The molecule has 0 N–H and O–H groups in total. The summed E-state index contributed by atoms with van der Waals surface area (Å²) < 4.78 is 2.03. The van der Waals surface area contributed by atoms with Crippen LogP contribution < -0.4 is 0 Å². The van der Waals surface area contributed by atoms with Gasteiger partial charge in [-0.1, -0.05) is 61.7 Å². The zero-order valence-electron chi connectivity index (χ0n) is 9.43. The van der Waals surface area contributed by atoms with Crippen LogP contribution in [-0.2, 0) is 0 Å². The molecule has 2 aromatic rings. The number of alkyl halides is 1. The Morgan fingerprint density at radius 3 is 2.53 bits per heavy atom. The van der Waals surface area contributed by atoms with Crippen LogP contribution in [-0.4, -0.2) is 0 Å². The second kappa shape index (κ2) is 5.43. The molecule has 1 aromatic carbocycles. The highest BCUT2D eigenvalue weighted by molar-refractivity contribution is 9.11. The second-order valence-electron chi connectivity index (χ2n) is 3.95. The van der Waals surface area contributed by atoms with Crippen LogP contribution in [0.25, 0.3) is 0 Å². The molecule has 0 aliphatic heterocycles. The van der Waals surface area contributed by atoms with Gasteiger partial charge in [-0.2, -0.15) is 0 Å². The number of hydrogen-bond acceptors (Lipinski definition) is 1. The van der Waals surface area contributed by atoms with E-state index in [1.807, 2.05) is 6.92 Å². The summed E-state index contributed by atoms with van der Waals surface area (Å²) in [6.45, 7) is 4.13. The van der Waals surface area contributed by atoms with Gasteiger partial charge < -0.3 is 0 Å². The van der Waals surface area contributed by atoms with Crippen molar-refractivity contribution < 1.29 is 0 Å². The molecule has 0 nitrogen and oxygen atoms in total. The number of halogens is 3. The number of benzene rings is 1. The second-order valence-corrected chi connectivity index (χ2v) is 7.34. The van der Waals surface area contributed by atoms with E-state index in [4.69, 9.17) is 11.6 Å². The van der Waals surface area contributed by atoms with Crippen LogP contribution >= 0.6 is 54.8 Å². The van der Waals surface area contributed by atoms with Crippen LogP contribution in [0.2, 0.25) is 4.34 Å². The van der Waals surface area contributed by atoms with Gasteiger partial charge in [-0.05, 0) is 36.6 Å². The summed E-state index contributed by atoms with van der Waals surface area (Å²) >= 11 is 15.1. The molecule has 0 bridgehead atoms. The van der Waals surface area contributed by atoms with Crippen molar-refractivity contribution in [1.82, 2.24) is 0 Å². The summed E-state index contributed by atoms with van der Waals surface area (Å²) in [5.41, 5.74) is 3.62. The summed E-state index contributed by atoms with van der Waals surface area (Å²) in [7, 11) is 0. The molecule has 17 heavy (non-hydrogen) atoms. The minimum atomic E-state index is 0.188. The lowest BCUT2D eigenvalue weighted by atomic mass is 10.1. The highest BCUT2D eigenvalue weighted by Crippen LogP contribution is 2.41. The standard InChI is InChI=1S/C13H11Br2ClS/c1-7-4-3-5-9(11(7)14)12(15)10-6-8(2)13(16)17-10/h3-6,12H,1-2H3. The summed E-state index contributed by atoms with van der Waals surface area (Å²) in [5, 5.41) is 0. The Balaban J connectivity index is 2.43. The molecule has 0 fully saturated rings. The lowest BCUT2D eigenvalue weighted by Crippen LogP contribution is -1.92. The lowest BCUT2D eigenvalue weighted by molar-refractivity contribution is 1.18. The Labute approximate surface area is 127 Å². The first-order valence-electron chi connectivity index (χ1n) is 5.15. The van der Waals surface area contributed by atoms with Gasteiger partial charge >= 0.3 is 0 Å². The van der Waals surface area contributed by atoms with Gasteiger partial charge in [0.25, 0.3) is 0 Å². The summed E-state index contributed by atoms with van der Waals surface area (Å²) in [4.78, 5) is 1.42. The maximum atomic E-state index is 6.12. The van der Waals surface area contributed by atoms with E-state index in [1.54, 1.807) is 11.3 Å². The quantitative estimate of drug-likeness (QED) is 0.527. The van der Waals surface area contributed by atoms with E-state index in [1.165, 1.54) is 16.0 Å². The fourth-order valence-corrected chi connectivity index (χ4v) is 4.44. The Morgan fingerprint density at radius 2 is 1.94 bits per heavy atom. The van der Waals surface area contributed by atoms with Crippen LogP contribution in [0.15, 0.2) is 28.7 Å². The Kier molecular flexibility index (Phi) is 4.35. The Hall–Kier alpha value is 0.170. The van der Waals surface area contributed by atoms with E-state index in [9.17, 15) is 0 Å². The third-order valence-electron chi connectivity index (χ3n) is 2.62. The van der Waals surface area contributed by atoms with Crippen molar-refractivity contribution in [2.24, 2.45) is 0 Å². The van der Waals surface area contributed by atoms with E-state index in [2.05, 4.69) is 63.0 Å². The smallest absolute Gasteiger partial charge is 0.0960 e. The van der Waals surface area contributed by atoms with Crippen molar-refractivity contribution in [3.8, 4) is 0 Å². The third-order valence-corrected chi connectivity index (χ3v) is 6.61. The van der Waals surface area contributed by atoms with Crippen molar-refractivity contribution in [3.63, 3.8) is 0 Å². The van der Waals surface area contributed by atoms with Crippen LogP contribution in [0.4, 0.5) is 0 Å². The van der Waals surface area contributed by atoms with Gasteiger partial charge in [0.2, 0.25) is 0 Å². The molecule has 0 spiro atoms. The van der Waals surface area contributed by atoms with Crippen molar-refractivity contribution in [3.05, 3.63) is 54.6 Å². The fourth-order valence-electron chi connectivity index (χ4n) is 1.63. The SMILES string of the molecule is Cc1cc(C(Br)c2cccc(C)c2Br)sc1Cl. The molecule has 0 radical (unpaired) electrons. The Bertz CT molecular complexity index is 529. The molecule has 0 amide bonds. The first kappa shape index (κ1) is 13.6. The highest BCUT2D eigenvalue weighted by atomic mass is 79.9. The molecule has 1 atom stereocenters. The summed E-state index contributed by atoms with van der Waals surface area (Å²) in [5.74, 6) is 0. The first-order valence-corrected chi connectivity index (χ1v) is 8.06. The average molecular weight is 395 g/mol. The zero-order chi connectivity index (χ0) is 12.6. The number of hydrogen-bond donors (Lipinski definition) is 0. The predicted molar refractivity (Wildman–Crippen MR) is 83.7 cm³/mol. The molecule has 1 unspecified atom stereocenters. The first-order chi connectivity index (χ1) is 8.00. The normalized spacial score (nSPS) is 12.8. The lowest BCUT2D eigenvalue weighted by Gasteiger charge is -2.12. The minimum Gasteiger partial charge on any atom is -0.127 e. The molecule has 0 aliphatic carbocycles. The van der Waals surface area contributed by atoms with Gasteiger partial charge in [0.15, 0.2) is 0 Å². The zero-order valence-corrected chi connectivity index (χ0v) is 14.2. The van der Waals surface area contributed by atoms with Gasteiger partial charge in [0.1, 0.15) is 0 Å². The van der Waals surface area contributed by atoms with Gasteiger partial charge in [-0.3, -0.25) is 0 Å². The minimum absolute atomic E-state index is 0.188. The Morgan fingerprint density at radius 1 is 1.24 bits per heavy atom. The molecular formula is C13H11Br2ClS. The molecule has 90 valence electrons. The van der Waals surface area contributed by atoms with E-state index in [-0.39, 0.29) is 4.83 Å². The van der Waals surface area contributed by atoms with Crippen molar-refractivity contribution in [2.45, 2.75) is 18.7 Å². The maximum absolute atomic E-state index is 6.12. The van der Waals surface area contributed by atoms with E-state index in [0.29, 0.717) is 0 Å². The van der Waals surface area contributed by atoms with Gasteiger partial charge in [-0.15, -0.1) is 11.3 Å². The number of rotatable bonds is 2. The van der Waals surface area contributed by atoms with Crippen LogP contribution in [0.1, 0.15) is 26.4 Å². The van der Waals surface area contributed by atoms with Crippen molar-refractivity contribution in [1.29, 1.82) is 0 Å². The van der Waals surface area contributed by atoms with E-state index in [0.717, 1.165) is 14.4 Å². The molecule has 2 rings (SSSR count). The molecule has 4 heteroatoms.